The fourth-order valence-corrected chi connectivity index (χ4v) is 2.20. The molecule has 1 fully saturated rings. The first-order valence-corrected chi connectivity index (χ1v) is 6.72. The van der Waals surface area contributed by atoms with Crippen LogP contribution in [0.15, 0.2) is 24.3 Å². The lowest BCUT2D eigenvalue weighted by atomic mass is 10.1. The number of carbonyl (C=O) groups is 1. The third kappa shape index (κ3) is 4.05. The van der Waals surface area contributed by atoms with Crippen molar-refractivity contribution in [1.82, 2.24) is 9.80 Å². The number of likely N-dealkylation sites (N-methyl/N-ethyl adjacent to an activating group) is 1. The van der Waals surface area contributed by atoms with Crippen LogP contribution < -0.4 is 0 Å². The molecule has 0 bridgehead atoms. The zero-order valence-corrected chi connectivity index (χ0v) is 11.7. The molecule has 0 saturated carbocycles. The standard InChI is InChI=1S/C15H19N3O2/c1-17(11-14-4-2-13(10-16)3-5-14)12-15(19)18-6-8-20-9-7-18/h2-5H,6-9,11-12H2,1H3. The molecule has 0 atom stereocenters. The molecule has 20 heavy (non-hydrogen) atoms. The lowest BCUT2D eigenvalue weighted by Gasteiger charge is -2.28. The highest BCUT2D eigenvalue weighted by atomic mass is 16.5. The highest BCUT2D eigenvalue weighted by Gasteiger charge is 2.18. The van der Waals surface area contributed by atoms with Crippen LogP contribution in [-0.2, 0) is 16.1 Å². The Hall–Kier alpha value is -1.90. The summed E-state index contributed by atoms with van der Waals surface area (Å²) in [6.45, 7) is 3.73. The summed E-state index contributed by atoms with van der Waals surface area (Å²) in [6.07, 6.45) is 0. The van der Waals surface area contributed by atoms with E-state index in [0.717, 1.165) is 5.56 Å². The van der Waals surface area contributed by atoms with E-state index in [1.165, 1.54) is 0 Å². The highest BCUT2D eigenvalue weighted by molar-refractivity contribution is 5.78. The van der Waals surface area contributed by atoms with E-state index in [2.05, 4.69) is 6.07 Å². The topological polar surface area (TPSA) is 56.6 Å². The van der Waals surface area contributed by atoms with Crippen LogP contribution in [-0.4, -0.2) is 55.6 Å². The summed E-state index contributed by atoms with van der Waals surface area (Å²) in [4.78, 5) is 15.9. The number of morpholine rings is 1. The maximum atomic E-state index is 12.1. The molecule has 1 aliphatic rings. The number of benzene rings is 1. The number of rotatable bonds is 4. The summed E-state index contributed by atoms with van der Waals surface area (Å²) in [7, 11) is 1.93. The second kappa shape index (κ2) is 7.04. The van der Waals surface area contributed by atoms with Gasteiger partial charge in [0.1, 0.15) is 0 Å². The molecule has 1 aliphatic heterocycles. The molecule has 1 heterocycles. The van der Waals surface area contributed by atoms with Crippen LogP contribution in [0.5, 0.6) is 0 Å². The van der Waals surface area contributed by atoms with Gasteiger partial charge in [0.05, 0.1) is 31.4 Å². The summed E-state index contributed by atoms with van der Waals surface area (Å²) in [6, 6.07) is 9.54. The lowest BCUT2D eigenvalue weighted by Crippen LogP contribution is -2.44. The van der Waals surface area contributed by atoms with E-state index >= 15 is 0 Å². The van der Waals surface area contributed by atoms with Gasteiger partial charge < -0.3 is 9.64 Å². The Labute approximate surface area is 119 Å². The average molecular weight is 273 g/mol. The van der Waals surface area contributed by atoms with E-state index in [-0.39, 0.29) is 5.91 Å². The number of ether oxygens (including phenoxy) is 1. The minimum absolute atomic E-state index is 0.143. The van der Waals surface area contributed by atoms with Crippen LogP contribution >= 0.6 is 0 Å². The quantitative estimate of drug-likeness (QED) is 0.816. The van der Waals surface area contributed by atoms with Gasteiger partial charge in [0.15, 0.2) is 0 Å². The molecule has 5 nitrogen and oxygen atoms in total. The molecular weight excluding hydrogens is 254 g/mol. The third-order valence-electron chi connectivity index (χ3n) is 3.30. The zero-order chi connectivity index (χ0) is 14.4. The van der Waals surface area contributed by atoms with Crippen molar-refractivity contribution in [3.8, 4) is 6.07 Å². The minimum Gasteiger partial charge on any atom is -0.378 e. The summed E-state index contributed by atoms with van der Waals surface area (Å²) in [5.74, 6) is 0.143. The van der Waals surface area contributed by atoms with Crippen LogP contribution in [0.4, 0.5) is 0 Å². The van der Waals surface area contributed by atoms with E-state index in [1.807, 2.05) is 29.0 Å². The molecule has 1 aromatic carbocycles. The van der Waals surface area contributed by atoms with Gasteiger partial charge in [-0.1, -0.05) is 12.1 Å². The van der Waals surface area contributed by atoms with Gasteiger partial charge >= 0.3 is 0 Å². The van der Waals surface area contributed by atoms with Crippen molar-refractivity contribution in [1.29, 1.82) is 5.26 Å². The summed E-state index contributed by atoms with van der Waals surface area (Å²) < 4.78 is 5.24. The predicted molar refractivity (Wildman–Crippen MR) is 74.9 cm³/mol. The Kier molecular flexibility index (Phi) is 5.10. The van der Waals surface area contributed by atoms with Gasteiger partial charge in [-0.3, -0.25) is 9.69 Å². The van der Waals surface area contributed by atoms with Gasteiger partial charge in [0.25, 0.3) is 0 Å². The van der Waals surface area contributed by atoms with Crippen molar-refractivity contribution in [2.24, 2.45) is 0 Å². The zero-order valence-electron chi connectivity index (χ0n) is 11.7. The predicted octanol–water partition coefficient (Wildman–Crippen LogP) is 0.849. The van der Waals surface area contributed by atoms with Gasteiger partial charge in [-0.05, 0) is 24.7 Å². The van der Waals surface area contributed by atoms with E-state index in [4.69, 9.17) is 10.00 Å². The number of hydrogen-bond acceptors (Lipinski definition) is 4. The maximum Gasteiger partial charge on any atom is 0.236 e. The van der Waals surface area contributed by atoms with Crippen molar-refractivity contribution in [2.75, 3.05) is 39.9 Å². The monoisotopic (exact) mass is 273 g/mol. The number of nitriles is 1. The number of nitrogens with zero attached hydrogens (tertiary/aromatic N) is 3. The molecule has 5 heteroatoms. The van der Waals surface area contributed by atoms with Gasteiger partial charge in [-0.15, -0.1) is 0 Å². The van der Waals surface area contributed by atoms with E-state index in [0.29, 0.717) is 45.0 Å². The lowest BCUT2D eigenvalue weighted by molar-refractivity contribution is -0.136. The van der Waals surface area contributed by atoms with Crippen molar-refractivity contribution >= 4 is 5.91 Å². The Morgan fingerprint density at radius 1 is 1.35 bits per heavy atom. The van der Waals surface area contributed by atoms with E-state index in [9.17, 15) is 4.79 Å². The molecule has 0 aliphatic carbocycles. The largest absolute Gasteiger partial charge is 0.378 e. The molecule has 0 spiro atoms. The van der Waals surface area contributed by atoms with Crippen molar-refractivity contribution in [3.05, 3.63) is 35.4 Å². The first kappa shape index (κ1) is 14.5. The molecule has 1 amide bonds. The molecule has 0 N–H and O–H groups in total. The minimum atomic E-state index is 0.143. The second-order valence-corrected chi connectivity index (χ2v) is 4.97. The highest BCUT2D eigenvalue weighted by Crippen LogP contribution is 2.07. The van der Waals surface area contributed by atoms with Crippen LogP contribution in [0.2, 0.25) is 0 Å². The average Bonchev–Trinajstić information content (AvgIpc) is 2.49. The molecule has 2 rings (SSSR count). The van der Waals surface area contributed by atoms with Crippen LogP contribution in [0.3, 0.4) is 0 Å². The molecule has 0 unspecified atom stereocenters. The summed E-state index contributed by atoms with van der Waals surface area (Å²) >= 11 is 0. The molecule has 0 radical (unpaired) electrons. The van der Waals surface area contributed by atoms with E-state index < -0.39 is 0 Å². The normalized spacial score (nSPS) is 15.2. The van der Waals surface area contributed by atoms with Crippen molar-refractivity contribution in [2.45, 2.75) is 6.54 Å². The maximum absolute atomic E-state index is 12.1. The van der Waals surface area contributed by atoms with Crippen molar-refractivity contribution < 1.29 is 9.53 Å². The number of amides is 1. The third-order valence-corrected chi connectivity index (χ3v) is 3.30. The Bertz CT molecular complexity index is 487. The molecule has 1 aromatic rings. The van der Waals surface area contributed by atoms with Crippen molar-refractivity contribution in [3.63, 3.8) is 0 Å². The van der Waals surface area contributed by atoms with Gasteiger partial charge in [0.2, 0.25) is 5.91 Å². The fourth-order valence-electron chi connectivity index (χ4n) is 2.20. The van der Waals surface area contributed by atoms with Gasteiger partial charge in [-0.2, -0.15) is 5.26 Å². The first-order valence-electron chi connectivity index (χ1n) is 6.72. The number of hydrogen-bond donors (Lipinski definition) is 0. The smallest absolute Gasteiger partial charge is 0.236 e. The fraction of sp³-hybridized carbons (Fsp3) is 0.467. The molecular formula is C15H19N3O2. The van der Waals surface area contributed by atoms with Gasteiger partial charge in [0, 0.05) is 19.6 Å². The van der Waals surface area contributed by atoms with E-state index in [1.54, 1.807) is 12.1 Å². The Morgan fingerprint density at radius 2 is 2.00 bits per heavy atom. The Morgan fingerprint density at radius 3 is 2.60 bits per heavy atom. The Balaban J connectivity index is 1.83. The van der Waals surface area contributed by atoms with Gasteiger partial charge in [-0.25, -0.2) is 0 Å². The van der Waals surface area contributed by atoms with Crippen LogP contribution in [0.1, 0.15) is 11.1 Å². The molecule has 1 saturated heterocycles. The molecule has 106 valence electrons. The summed E-state index contributed by atoms with van der Waals surface area (Å²) in [5, 5.41) is 8.75. The SMILES string of the molecule is CN(CC(=O)N1CCOCC1)Cc1ccc(C#N)cc1. The first-order chi connectivity index (χ1) is 9.69. The number of carbonyl (C=O) groups excluding carboxylic acids is 1. The molecule has 0 aromatic heterocycles. The van der Waals surface area contributed by atoms with Crippen LogP contribution in [0.25, 0.3) is 0 Å². The second-order valence-electron chi connectivity index (χ2n) is 4.97. The summed E-state index contributed by atoms with van der Waals surface area (Å²) in [5.41, 5.74) is 1.75. The van der Waals surface area contributed by atoms with Crippen LogP contribution in [0, 0.1) is 11.3 Å².